The summed E-state index contributed by atoms with van der Waals surface area (Å²) in [5.41, 5.74) is 0. The SMILES string of the molecule is CCC1CC(Oc2ccc(OCCCN3CCCCC3)cc2)CCN1C(=O)O. The molecule has 2 aliphatic heterocycles. The van der Waals surface area contributed by atoms with Gasteiger partial charge in [-0.3, -0.25) is 0 Å². The molecule has 0 radical (unpaired) electrons. The van der Waals surface area contributed by atoms with E-state index in [0.717, 1.165) is 50.3 Å². The minimum Gasteiger partial charge on any atom is -0.494 e. The van der Waals surface area contributed by atoms with Gasteiger partial charge in [0.15, 0.2) is 0 Å². The number of hydrogen-bond donors (Lipinski definition) is 1. The predicted molar refractivity (Wildman–Crippen MR) is 109 cm³/mol. The standard InChI is InChI=1S/C22H34N2O4/c1-2-18-17-21(11-15-24(18)22(25)26)28-20-9-7-19(8-10-20)27-16-6-14-23-12-4-3-5-13-23/h7-10,18,21H,2-6,11-17H2,1H3,(H,25,26). The number of carboxylic acid groups (broad SMARTS) is 1. The molecule has 1 aromatic rings. The number of likely N-dealkylation sites (tertiary alicyclic amines) is 2. The Hall–Kier alpha value is -1.95. The van der Waals surface area contributed by atoms with E-state index in [1.54, 1.807) is 4.90 Å². The molecule has 2 saturated heterocycles. The zero-order chi connectivity index (χ0) is 19.8. The van der Waals surface area contributed by atoms with E-state index in [1.807, 2.05) is 31.2 Å². The Balaban J connectivity index is 1.38. The molecule has 1 aromatic carbocycles. The smallest absolute Gasteiger partial charge is 0.407 e. The van der Waals surface area contributed by atoms with Gasteiger partial charge in [0.1, 0.15) is 17.6 Å². The fourth-order valence-corrected chi connectivity index (χ4v) is 4.23. The van der Waals surface area contributed by atoms with Crippen LogP contribution in [-0.2, 0) is 0 Å². The zero-order valence-electron chi connectivity index (χ0n) is 17.0. The molecule has 0 bridgehead atoms. The maximum Gasteiger partial charge on any atom is 0.407 e. The van der Waals surface area contributed by atoms with Gasteiger partial charge in [0.25, 0.3) is 0 Å². The van der Waals surface area contributed by atoms with Gasteiger partial charge in [-0.05, 0) is 63.0 Å². The Morgan fingerprint density at radius 1 is 1.11 bits per heavy atom. The number of rotatable bonds is 8. The summed E-state index contributed by atoms with van der Waals surface area (Å²) in [4.78, 5) is 15.4. The van der Waals surface area contributed by atoms with E-state index < -0.39 is 6.09 Å². The van der Waals surface area contributed by atoms with Crippen molar-refractivity contribution >= 4 is 6.09 Å². The highest BCUT2D eigenvalue weighted by Crippen LogP contribution is 2.26. The Morgan fingerprint density at radius 3 is 2.50 bits per heavy atom. The maximum absolute atomic E-state index is 11.3. The van der Waals surface area contributed by atoms with Crippen molar-refractivity contribution < 1.29 is 19.4 Å². The summed E-state index contributed by atoms with van der Waals surface area (Å²) in [5.74, 6) is 1.70. The lowest BCUT2D eigenvalue weighted by Gasteiger charge is -2.37. The van der Waals surface area contributed by atoms with E-state index in [-0.39, 0.29) is 12.1 Å². The molecule has 3 rings (SSSR count). The lowest BCUT2D eigenvalue weighted by Crippen LogP contribution is -2.48. The number of nitrogens with zero attached hydrogens (tertiary/aromatic N) is 2. The number of carbonyl (C=O) groups is 1. The summed E-state index contributed by atoms with van der Waals surface area (Å²) in [6.07, 6.45) is 6.63. The molecule has 6 heteroatoms. The predicted octanol–water partition coefficient (Wildman–Crippen LogP) is 4.24. The number of hydrogen-bond acceptors (Lipinski definition) is 4. The van der Waals surface area contributed by atoms with Crippen LogP contribution >= 0.6 is 0 Å². The molecule has 6 nitrogen and oxygen atoms in total. The topological polar surface area (TPSA) is 62.2 Å². The normalized spacial score (nSPS) is 23.4. The molecule has 2 unspecified atom stereocenters. The molecule has 2 heterocycles. The minimum atomic E-state index is -0.827. The maximum atomic E-state index is 11.3. The molecule has 1 N–H and O–H groups in total. The summed E-state index contributed by atoms with van der Waals surface area (Å²) < 4.78 is 12.0. The summed E-state index contributed by atoms with van der Waals surface area (Å²) in [6, 6.07) is 7.85. The molecule has 28 heavy (non-hydrogen) atoms. The molecule has 156 valence electrons. The second-order valence-corrected chi connectivity index (χ2v) is 7.88. The van der Waals surface area contributed by atoms with Crippen molar-refractivity contribution in [3.05, 3.63) is 24.3 Å². The van der Waals surface area contributed by atoms with Gasteiger partial charge >= 0.3 is 6.09 Å². The van der Waals surface area contributed by atoms with E-state index in [4.69, 9.17) is 9.47 Å². The lowest BCUT2D eigenvalue weighted by molar-refractivity contribution is 0.0531. The highest BCUT2D eigenvalue weighted by molar-refractivity contribution is 5.65. The lowest BCUT2D eigenvalue weighted by atomic mass is 9.98. The summed E-state index contributed by atoms with van der Waals surface area (Å²) in [6.45, 7) is 6.89. The van der Waals surface area contributed by atoms with E-state index in [1.165, 1.54) is 32.4 Å². The summed E-state index contributed by atoms with van der Waals surface area (Å²) in [5, 5.41) is 9.28. The van der Waals surface area contributed by atoms with Crippen molar-refractivity contribution in [1.82, 2.24) is 9.80 Å². The van der Waals surface area contributed by atoms with Crippen molar-refractivity contribution in [3.63, 3.8) is 0 Å². The van der Waals surface area contributed by atoms with Gasteiger partial charge in [-0.2, -0.15) is 0 Å². The third-order valence-electron chi connectivity index (χ3n) is 5.85. The van der Waals surface area contributed by atoms with Gasteiger partial charge in [0, 0.05) is 32.0 Å². The van der Waals surface area contributed by atoms with Crippen molar-refractivity contribution in [2.24, 2.45) is 0 Å². The Kier molecular flexibility index (Phi) is 7.83. The molecule has 2 atom stereocenters. The van der Waals surface area contributed by atoms with Gasteiger partial charge < -0.3 is 24.4 Å². The fraction of sp³-hybridized carbons (Fsp3) is 0.682. The van der Waals surface area contributed by atoms with Gasteiger partial charge in [-0.25, -0.2) is 4.79 Å². The third kappa shape index (κ3) is 6.03. The van der Waals surface area contributed by atoms with Gasteiger partial charge in [0.2, 0.25) is 0 Å². The molecule has 0 aliphatic carbocycles. The van der Waals surface area contributed by atoms with E-state index >= 15 is 0 Å². The van der Waals surface area contributed by atoms with Crippen LogP contribution in [0.4, 0.5) is 4.79 Å². The van der Waals surface area contributed by atoms with Gasteiger partial charge in [-0.15, -0.1) is 0 Å². The van der Waals surface area contributed by atoms with Crippen LogP contribution in [0, 0.1) is 0 Å². The van der Waals surface area contributed by atoms with Crippen molar-refractivity contribution in [2.75, 3.05) is 32.8 Å². The molecular formula is C22H34N2O4. The van der Waals surface area contributed by atoms with Crippen LogP contribution in [0.3, 0.4) is 0 Å². The van der Waals surface area contributed by atoms with Crippen LogP contribution < -0.4 is 9.47 Å². The fourth-order valence-electron chi connectivity index (χ4n) is 4.23. The first-order valence-electron chi connectivity index (χ1n) is 10.8. The van der Waals surface area contributed by atoms with Crippen molar-refractivity contribution in [3.8, 4) is 11.5 Å². The van der Waals surface area contributed by atoms with Gasteiger partial charge in [0.05, 0.1) is 6.61 Å². The highest BCUT2D eigenvalue weighted by Gasteiger charge is 2.31. The quantitative estimate of drug-likeness (QED) is 0.673. The molecular weight excluding hydrogens is 356 g/mol. The summed E-state index contributed by atoms with van der Waals surface area (Å²) >= 11 is 0. The van der Waals surface area contributed by atoms with Crippen molar-refractivity contribution in [2.45, 2.75) is 64.0 Å². The Labute approximate surface area is 168 Å². The monoisotopic (exact) mass is 390 g/mol. The second kappa shape index (κ2) is 10.6. The van der Waals surface area contributed by atoms with Crippen LogP contribution in [0.2, 0.25) is 0 Å². The number of benzene rings is 1. The van der Waals surface area contributed by atoms with E-state index in [2.05, 4.69) is 4.90 Å². The van der Waals surface area contributed by atoms with Crippen LogP contribution in [0.5, 0.6) is 11.5 Å². The molecule has 2 aliphatic rings. The first-order valence-corrected chi connectivity index (χ1v) is 10.8. The largest absolute Gasteiger partial charge is 0.494 e. The first kappa shape index (κ1) is 20.8. The van der Waals surface area contributed by atoms with Crippen LogP contribution in [0.25, 0.3) is 0 Å². The first-order chi connectivity index (χ1) is 13.7. The zero-order valence-corrected chi connectivity index (χ0v) is 17.0. The number of amides is 1. The molecule has 0 saturated carbocycles. The molecule has 2 fully saturated rings. The third-order valence-corrected chi connectivity index (χ3v) is 5.85. The molecule has 1 amide bonds. The van der Waals surface area contributed by atoms with Crippen LogP contribution in [0.15, 0.2) is 24.3 Å². The van der Waals surface area contributed by atoms with Crippen LogP contribution in [0.1, 0.15) is 51.9 Å². The second-order valence-electron chi connectivity index (χ2n) is 7.88. The van der Waals surface area contributed by atoms with E-state index in [9.17, 15) is 9.90 Å². The van der Waals surface area contributed by atoms with Crippen LogP contribution in [-0.4, -0.2) is 65.9 Å². The molecule has 0 spiro atoms. The number of ether oxygens (including phenoxy) is 2. The average molecular weight is 391 g/mol. The summed E-state index contributed by atoms with van der Waals surface area (Å²) in [7, 11) is 0. The Bertz CT molecular complexity index is 601. The van der Waals surface area contributed by atoms with Crippen molar-refractivity contribution in [1.29, 1.82) is 0 Å². The molecule has 0 aromatic heterocycles. The number of piperidine rings is 2. The van der Waals surface area contributed by atoms with E-state index in [0.29, 0.717) is 6.54 Å². The Morgan fingerprint density at radius 2 is 1.82 bits per heavy atom. The highest BCUT2D eigenvalue weighted by atomic mass is 16.5. The van der Waals surface area contributed by atoms with Gasteiger partial charge in [-0.1, -0.05) is 13.3 Å². The minimum absolute atomic E-state index is 0.0405. The average Bonchev–Trinajstić information content (AvgIpc) is 2.73.